The molecule has 0 saturated carbocycles. The molecule has 2 aromatic carbocycles. The van der Waals surface area contributed by atoms with Crippen LogP contribution in [-0.4, -0.2) is 40.0 Å². The van der Waals surface area contributed by atoms with Crippen LogP contribution >= 0.6 is 0 Å². The Morgan fingerprint density at radius 3 is 2.58 bits per heavy atom. The van der Waals surface area contributed by atoms with E-state index in [0.29, 0.717) is 25.1 Å². The highest BCUT2D eigenvalue weighted by molar-refractivity contribution is 5.96. The summed E-state index contributed by atoms with van der Waals surface area (Å²) < 4.78 is 27.0. The van der Waals surface area contributed by atoms with Crippen LogP contribution in [0.1, 0.15) is 44.1 Å². The molecule has 6 nitrogen and oxygen atoms in total. The lowest BCUT2D eigenvalue weighted by Crippen LogP contribution is -2.37. The first-order valence-corrected chi connectivity index (χ1v) is 10.1. The Bertz CT molecular complexity index is 1080. The average molecular weight is 424 g/mol. The number of benzene rings is 2. The topological polar surface area (TPSA) is 78.1 Å². The third-order valence-corrected chi connectivity index (χ3v) is 5.32. The van der Waals surface area contributed by atoms with Gasteiger partial charge in [0.1, 0.15) is 11.6 Å². The van der Waals surface area contributed by atoms with Crippen LogP contribution in [0.25, 0.3) is 0 Å². The Kier molecular flexibility index (Phi) is 6.06. The van der Waals surface area contributed by atoms with Crippen molar-refractivity contribution in [3.05, 3.63) is 88.2 Å². The molecule has 0 spiro atoms. The van der Waals surface area contributed by atoms with Gasteiger partial charge in [0.05, 0.1) is 6.54 Å². The lowest BCUT2D eigenvalue weighted by molar-refractivity contribution is 0.0730. The van der Waals surface area contributed by atoms with Crippen LogP contribution in [0.3, 0.4) is 0 Å². The van der Waals surface area contributed by atoms with E-state index in [-0.39, 0.29) is 23.7 Å². The highest BCUT2D eigenvalue weighted by Gasteiger charge is 2.28. The van der Waals surface area contributed by atoms with Crippen LogP contribution < -0.4 is 5.32 Å². The number of fused-ring (bicyclic) bond motifs is 1. The lowest BCUT2D eigenvalue weighted by Gasteiger charge is -2.27. The Morgan fingerprint density at radius 1 is 1.10 bits per heavy atom. The highest BCUT2D eigenvalue weighted by atomic mass is 19.1. The number of amides is 2. The van der Waals surface area contributed by atoms with Gasteiger partial charge in [0, 0.05) is 42.4 Å². The van der Waals surface area contributed by atoms with Gasteiger partial charge in [-0.3, -0.25) is 14.7 Å². The van der Waals surface area contributed by atoms with Gasteiger partial charge in [-0.25, -0.2) is 8.78 Å². The van der Waals surface area contributed by atoms with Crippen LogP contribution in [0.15, 0.2) is 48.5 Å². The SMILES string of the molecule is O=C(NCCCc1ccccc1)c1n[nH]c2c1CN(C(=O)c1cc(F)cc(F)c1)CC2. The number of aromatic amines is 1. The second kappa shape index (κ2) is 9.07. The molecule has 8 heteroatoms. The first kappa shape index (κ1) is 20.7. The minimum absolute atomic E-state index is 0.0589. The van der Waals surface area contributed by atoms with E-state index in [1.165, 1.54) is 10.5 Å². The predicted molar refractivity (Wildman–Crippen MR) is 110 cm³/mol. The third kappa shape index (κ3) is 4.79. The first-order chi connectivity index (χ1) is 15.0. The maximum absolute atomic E-state index is 13.5. The van der Waals surface area contributed by atoms with Crippen molar-refractivity contribution < 1.29 is 18.4 Å². The maximum atomic E-state index is 13.5. The van der Waals surface area contributed by atoms with Gasteiger partial charge in [-0.2, -0.15) is 5.10 Å². The predicted octanol–water partition coefficient (Wildman–Crippen LogP) is 3.25. The van der Waals surface area contributed by atoms with Crippen molar-refractivity contribution in [3.8, 4) is 0 Å². The molecular formula is C23H22F2N4O2. The third-order valence-electron chi connectivity index (χ3n) is 5.32. The molecule has 0 unspecified atom stereocenters. The van der Waals surface area contributed by atoms with Gasteiger partial charge in [-0.15, -0.1) is 0 Å². The minimum Gasteiger partial charge on any atom is -0.351 e. The van der Waals surface area contributed by atoms with Gasteiger partial charge < -0.3 is 10.2 Å². The number of aryl methyl sites for hydroxylation is 1. The van der Waals surface area contributed by atoms with Crippen LogP contribution in [0.4, 0.5) is 8.78 Å². The zero-order valence-corrected chi connectivity index (χ0v) is 16.8. The zero-order chi connectivity index (χ0) is 21.8. The van der Waals surface area contributed by atoms with Gasteiger partial charge in [0.2, 0.25) is 0 Å². The molecule has 31 heavy (non-hydrogen) atoms. The molecule has 0 atom stereocenters. The Labute approximate surface area is 178 Å². The highest BCUT2D eigenvalue weighted by Crippen LogP contribution is 2.22. The normalized spacial score (nSPS) is 13.0. The van der Waals surface area contributed by atoms with E-state index < -0.39 is 17.5 Å². The van der Waals surface area contributed by atoms with E-state index in [2.05, 4.69) is 15.5 Å². The van der Waals surface area contributed by atoms with E-state index in [0.717, 1.165) is 36.7 Å². The van der Waals surface area contributed by atoms with Crippen LogP contribution in [-0.2, 0) is 19.4 Å². The summed E-state index contributed by atoms with van der Waals surface area (Å²) in [5.74, 6) is -2.41. The average Bonchev–Trinajstić information content (AvgIpc) is 3.19. The molecule has 1 aromatic heterocycles. The van der Waals surface area contributed by atoms with Crippen molar-refractivity contribution in [2.75, 3.05) is 13.1 Å². The summed E-state index contributed by atoms with van der Waals surface area (Å²) in [4.78, 5) is 26.8. The number of rotatable bonds is 6. The van der Waals surface area contributed by atoms with Gasteiger partial charge in [-0.1, -0.05) is 30.3 Å². The van der Waals surface area contributed by atoms with Crippen molar-refractivity contribution in [3.63, 3.8) is 0 Å². The molecule has 0 radical (unpaired) electrons. The molecule has 4 rings (SSSR count). The molecule has 0 saturated heterocycles. The molecule has 3 aromatic rings. The summed E-state index contributed by atoms with van der Waals surface area (Å²) in [5.41, 5.74) is 2.83. The second-order valence-electron chi connectivity index (χ2n) is 7.51. The van der Waals surface area contributed by atoms with E-state index in [4.69, 9.17) is 0 Å². The van der Waals surface area contributed by atoms with E-state index >= 15 is 0 Å². The Hall–Kier alpha value is -3.55. The summed E-state index contributed by atoms with van der Waals surface area (Å²) in [7, 11) is 0. The Morgan fingerprint density at radius 2 is 1.84 bits per heavy atom. The molecule has 1 aliphatic heterocycles. The first-order valence-electron chi connectivity index (χ1n) is 10.1. The van der Waals surface area contributed by atoms with E-state index in [1.807, 2.05) is 30.3 Å². The molecule has 2 N–H and O–H groups in total. The number of carbonyl (C=O) groups excluding carboxylic acids is 2. The van der Waals surface area contributed by atoms with Gasteiger partial charge >= 0.3 is 0 Å². The number of hydrogen-bond donors (Lipinski definition) is 2. The number of halogens is 2. The molecule has 160 valence electrons. The summed E-state index contributed by atoms with van der Waals surface area (Å²) in [6, 6.07) is 12.8. The fraction of sp³-hybridized carbons (Fsp3) is 0.261. The number of nitrogens with zero attached hydrogens (tertiary/aromatic N) is 2. The van der Waals surface area contributed by atoms with Crippen molar-refractivity contribution in [1.82, 2.24) is 20.4 Å². The molecule has 0 bridgehead atoms. The largest absolute Gasteiger partial charge is 0.351 e. The zero-order valence-electron chi connectivity index (χ0n) is 16.8. The van der Waals surface area contributed by atoms with Crippen molar-refractivity contribution in [2.45, 2.75) is 25.8 Å². The maximum Gasteiger partial charge on any atom is 0.272 e. The van der Waals surface area contributed by atoms with Crippen molar-refractivity contribution >= 4 is 11.8 Å². The van der Waals surface area contributed by atoms with Gasteiger partial charge in [-0.05, 0) is 30.5 Å². The van der Waals surface area contributed by atoms with Gasteiger partial charge in [0.25, 0.3) is 11.8 Å². The molecule has 1 aliphatic rings. The molecule has 2 heterocycles. The van der Waals surface area contributed by atoms with Crippen molar-refractivity contribution in [2.24, 2.45) is 0 Å². The minimum atomic E-state index is -0.806. The van der Waals surface area contributed by atoms with E-state index in [9.17, 15) is 18.4 Å². The summed E-state index contributed by atoms with van der Waals surface area (Å²) >= 11 is 0. The van der Waals surface area contributed by atoms with Crippen LogP contribution in [0, 0.1) is 11.6 Å². The standard InChI is InChI=1S/C23H22F2N4O2/c24-17-11-16(12-18(25)13-17)23(31)29-10-8-20-19(14-29)21(28-27-20)22(30)26-9-4-7-15-5-2-1-3-6-15/h1-3,5-6,11-13H,4,7-10,14H2,(H,26,30)(H,27,28). The lowest BCUT2D eigenvalue weighted by atomic mass is 10.0. The number of hydrogen-bond acceptors (Lipinski definition) is 3. The quantitative estimate of drug-likeness (QED) is 0.597. The number of nitrogens with one attached hydrogen (secondary N) is 2. The number of aromatic nitrogens is 2. The Balaban J connectivity index is 1.39. The van der Waals surface area contributed by atoms with Crippen LogP contribution in [0.2, 0.25) is 0 Å². The van der Waals surface area contributed by atoms with Crippen LogP contribution in [0.5, 0.6) is 0 Å². The number of H-pyrrole nitrogens is 1. The smallest absolute Gasteiger partial charge is 0.272 e. The molecular weight excluding hydrogens is 402 g/mol. The second-order valence-corrected chi connectivity index (χ2v) is 7.51. The summed E-state index contributed by atoms with van der Waals surface area (Å²) in [6.07, 6.45) is 2.12. The summed E-state index contributed by atoms with van der Waals surface area (Å²) in [5, 5.41) is 9.88. The monoisotopic (exact) mass is 424 g/mol. The fourth-order valence-corrected chi connectivity index (χ4v) is 3.74. The van der Waals surface area contributed by atoms with Crippen molar-refractivity contribution in [1.29, 1.82) is 0 Å². The molecule has 2 amide bonds. The molecule has 0 fully saturated rings. The summed E-state index contributed by atoms with van der Waals surface area (Å²) in [6.45, 7) is 1.01. The van der Waals surface area contributed by atoms with E-state index in [1.54, 1.807) is 0 Å². The fourth-order valence-electron chi connectivity index (χ4n) is 3.74. The number of carbonyl (C=O) groups is 2. The van der Waals surface area contributed by atoms with Gasteiger partial charge in [0.15, 0.2) is 5.69 Å². The molecule has 0 aliphatic carbocycles.